The van der Waals surface area contributed by atoms with Crippen molar-refractivity contribution in [1.29, 1.82) is 0 Å². The van der Waals surface area contributed by atoms with Gasteiger partial charge in [0.15, 0.2) is 0 Å². The molecule has 148 valence electrons. The minimum atomic E-state index is -0.0190. The quantitative estimate of drug-likeness (QED) is 0.571. The third kappa shape index (κ3) is 6.42. The predicted octanol–water partition coefficient (Wildman–Crippen LogP) is 6.00. The Morgan fingerprint density at radius 1 is 1.15 bits per heavy atom. The van der Waals surface area contributed by atoms with Crippen LogP contribution in [0.4, 0.5) is 0 Å². The molecule has 0 bridgehead atoms. The van der Waals surface area contributed by atoms with Crippen molar-refractivity contribution < 1.29 is 4.79 Å². The second kappa shape index (κ2) is 8.97. The van der Waals surface area contributed by atoms with E-state index in [4.69, 9.17) is 11.6 Å². The normalized spacial score (nSPS) is 13.0. The zero-order valence-corrected chi connectivity index (χ0v) is 18.3. The van der Waals surface area contributed by atoms with Crippen LogP contribution in [0.25, 0.3) is 0 Å². The molecule has 0 aliphatic heterocycles. The number of carbonyl (C=O) groups is 1. The van der Waals surface area contributed by atoms with Crippen LogP contribution >= 0.6 is 11.6 Å². The molecule has 1 atom stereocenters. The lowest BCUT2D eigenvalue weighted by molar-refractivity contribution is -0.136. The molecule has 0 fully saturated rings. The van der Waals surface area contributed by atoms with E-state index in [2.05, 4.69) is 64.4 Å². The van der Waals surface area contributed by atoms with Gasteiger partial charge >= 0.3 is 0 Å². The average molecular weight is 389 g/mol. The molecule has 0 N–H and O–H groups in total. The highest BCUT2D eigenvalue weighted by molar-refractivity contribution is 6.30. The van der Waals surface area contributed by atoms with Crippen LogP contribution in [0.1, 0.15) is 59.2 Å². The molecule has 0 saturated heterocycles. The standard InChI is InChI=1S/C23H33ClN2O/c1-17(2)18(3)26(22(27)14-23(4,5)6)16-21-11-8-12-25(21)15-19-9-7-10-20(24)13-19/h7-13,17-18H,14-16H2,1-6H3/t18-/m1/s1. The lowest BCUT2D eigenvalue weighted by Gasteiger charge is -2.34. The SMILES string of the molecule is CC(C)[C@@H](C)N(Cc1cccn1Cc1cccc(Cl)c1)C(=O)CC(C)(C)C. The molecule has 1 aromatic carbocycles. The van der Waals surface area contributed by atoms with Crippen molar-refractivity contribution in [3.8, 4) is 0 Å². The number of rotatable bonds is 7. The van der Waals surface area contributed by atoms with Gasteiger partial charge in [0.25, 0.3) is 0 Å². The van der Waals surface area contributed by atoms with Crippen LogP contribution in [-0.4, -0.2) is 21.4 Å². The van der Waals surface area contributed by atoms with Crippen molar-refractivity contribution >= 4 is 17.5 Å². The minimum Gasteiger partial charge on any atom is -0.345 e. The van der Waals surface area contributed by atoms with Crippen molar-refractivity contribution in [3.05, 3.63) is 58.9 Å². The summed E-state index contributed by atoms with van der Waals surface area (Å²) in [5.74, 6) is 0.629. The van der Waals surface area contributed by atoms with Gasteiger partial charge in [0.2, 0.25) is 5.91 Å². The molecule has 1 amide bonds. The van der Waals surface area contributed by atoms with E-state index in [0.717, 1.165) is 22.8 Å². The van der Waals surface area contributed by atoms with Gasteiger partial charge in [0.05, 0.1) is 6.54 Å². The molecule has 0 aliphatic carbocycles. The molecule has 2 rings (SSSR count). The lowest BCUT2D eigenvalue weighted by Crippen LogP contribution is -2.42. The minimum absolute atomic E-state index is 0.0190. The Hall–Kier alpha value is -1.74. The maximum Gasteiger partial charge on any atom is 0.223 e. The van der Waals surface area contributed by atoms with E-state index in [-0.39, 0.29) is 17.4 Å². The first-order chi connectivity index (χ1) is 12.6. The topological polar surface area (TPSA) is 25.2 Å². The first-order valence-corrected chi connectivity index (χ1v) is 10.1. The number of amides is 1. The summed E-state index contributed by atoms with van der Waals surface area (Å²) in [6.45, 7) is 14.2. The van der Waals surface area contributed by atoms with E-state index in [9.17, 15) is 4.79 Å². The van der Waals surface area contributed by atoms with Crippen LogP contribution in [0, 0.1) is 11.3 Å². The molecule has 0 unspecified atom stereocenters. The van der Waals surface area contributed by atoms with E-state index in [1.165, 1.54) is 0 Å². The van der Waals surface area contributed by atoms with E-state index in [1.54, 1.807) is 0 Å². The van der Waals surface area contributed by atoms with Crippen LogP contribution in [0.3, 0.4) is 0 Å². The van der Waals surface area contributed by atoms with Crippen LogP contribution in [0.15, 0.2) is 42.6 Å². The van der Waals surface area contributed by atoms with Gasteiger partial charge in [-0.05, 0) is 48.1 Å². The molecular formula is C23H33ClN2O. The van der Waals surface area contributed by atoms with E-state index in [1.807, 2.05) is 29.2 Å². The van der Waals surface area contributed by atoms with Gasteiger partial charge in [0.1, 0.15) is 0 Å². The Bertz CT molecular complexity index is 758. The second-order valence-corrected chi connectivity index (χ2v) is 9.44. The van der Waals surface area contributed by atoms with Crippen LogP contribution < -0.4 is 0 Å². The first-order valence-electron chi connectivity index (χ1n) is 9.75. The molecule has 1 heterocycles. The lowest BCUT2D eigenvalue weighted by atomic mass is 9.91. The van der Waals surface area contributed by atoms with Gasteiger partial charge in [0, 0.05) is 35.9 Å². The second-order valence-electron chi connectivity index (χ2n) is 9.00. The summed E-state index contributed by atoms with van der Waals surface area (Å²) in [4.78, 5) is 15.1. The van der Waals surface area contributed by atoms with Crippen LogP contribution in [0.5, 0.6) is 0 Å². The van der Waals surface area contributed by atoms with E-state index >= 15 is 0 Å². The van der Waals surface area contributed by atoms with Crippen molar-refractivity contribution in [2.24, 2.45) is 11.3 Å². The van der Waals surface area contributed by atoms with Gasteiger partial charge in [-0.15, -0.1) is 0 Å². The summed E-state index contributed by atoms with van der Waals surface area (Å²) >= 11 is 6.13. The molecule has 0 radical (unpaired) electrons. The molecule has 1 aromatic heterocycles. The molecule has 2 aromatic rings. The smallest absolute Gasteiger partial charge is 0.223 e. The van der Waals surface area contributed by atoms with Gasteiger partial charge in [-0.2, -0.15) is 0 Å². The van der Waals surface area contributed by atoms with Gasteiger partial charge in [-0.1, -0.05) is 58.4 Å². The van der Waals surface area contributed by atoms with Crippen LogP contribution in [0.2, 0.25) is 5.02 Å². The maximum atomic E-state index is 13.0. The summed E-state index contributed by atoms with van der Waals surface area (Å²) in [6.07, 6.45) is 2.63. The fraction of sp³-hybridized carbons (Fsp3) is 0.522. The monoisotopic (exact) mass is 388 g/mol. The number of hydrogen-bond acceptors (Lipinski definition) is 1. The maximum absolute atomic E-state index is 13.0. The summed E-state index contributed by atoms with van der Waals surface area (Å²) in [6, 6.07) is 12.3. The summed E-state index contributed by atoms with van der Waals surface area (Å²) in [5.41, 5.74) is 2.28. The number of carbonyl (C=O) groups excluding carboxylic acids is 1. The molecule has 0 saturated carbocycles. The Morgan fingerprint density at radius 3 is 2.44 bits per heavy atom. The number of hydrogen-bond donors (Lipinski definition) is 0. The molecule has 0 spiro atoms. The first kappa shape index (κ1) is 21.6. The summed E-state index contributed by atoms with van der Waals surface area (Å²) in [7, 11) is 0. The van der Waals surface area contributed by atoms with Gasteiger partial charge in [-0.3, -0.25) is 4.79 Å². The van der Waals surface area contributed by atoms with Crippen molar-refractivity contribution in [1.82, 2.24) is 9.47 Å². The highest BCUT2D eigenvalue weighted by Gasteiger charge is 2.27. The van der Waals surface area contributed by atoms with E-state index < -0.39 is 0 Å². The van der Waals surface area contributed by atoms with Crippen molar-refractivity contribution in [2.45, 2.75) is 67.1 Å². The van der Waals surface area contributed by atoms with Gasteiger partial charge in [-0.25, -0.2) is 0 Å². The number of benzene rings is 1. The third-order valence-corrected chi connectivity index (χ3v) is 5.19. The fourth-order valence-corrected chi connectivity index (χ4v) is 3.34. The number of aromatic nitrogens is 1. The Morgan fingerprint density at radius 2 is 1.85 bits per heavy atom. The number of nitrogens with zero attached hydrogens (tertiary/aromatic N) is 2. The highest BCUT2D eigenvalue weighted by atomic mass is 35.5. The predicted molar refractivity (Wildman–Crippen MR) is 114 cm³/mol. The molecule has 3 nitrogen and oxygen atoms in total. The van der Waals surface area contributed by atoms with Crippen molar-refractivity contribution in [3.63, 3.8) is 0 Å². The van der Waals surface area contributed by atoms with Crippen LogP contribution in [-0.2, 0) is 17.9 Å². The third-order valence-electron chi connectivity index (χ3n) is 4.96. The van der Waals surface area contributed by atoms with Crippen molar-refractivity contribution in [2.75, 3.05) is 0 Å². The Kier molecular flexibility index (Phi) is 7.16. The zero-order chi connectivity index (χ0) is 20.2. The van der Waals surface area contributed by atoms with Gasteiger partial charge < -0.3 is 9.47 Å². The fourth-order valence-electron chi connectivity index (χ4n) is 3.13. The molecule has 0 aliphatic rings. The zero-order valence-electron chi connectivity index (χ0n) is 17.5. The Labute approximate surface area is 169 Å². The largest absolute Gasteiger partial charge is 0.345 e. The summed E-state index contributed by atoms with van der Waals surface area (Å²) < 4.78 is 2.20. The summed E-state index contributed by atoms with van der Waals surface area (Å²) in [5, 5.41) is 0.747. The molecular weight excluding hydrogens is 356 g/mol. The molecule has 4 heteroatoms. The van der Waals surface area contributed by atoms with E-state index in [0.29, 0.717) is 18.9 Å². The highest BCUT2D eigenvalue weighted by Crippen LogP contribution is 2.24. The average Bonchev–Trinajstić information content (AvgIpc) is 2.97. The Balaban J connectivity index is 2.22. The molecule has 27 heavy (non-hydrogen) atoms. The number of halogens is 1.